The number of nitrogen functional groups attached to an aromatic ring is 1. The van der Waals surface area contributed by atoms with Gasteiger partial charge in [0.05, 0.1) is 22.5 Å². The van der Waals surface area contributed by atoms with Crippen LogP contribution in [0, 0.1) is 3.57 Å². The number of nitrogens with two attached hydrogens (primary N) is 1. The third-order valence-corrected chi connectivity index (χ3v) is 4.54. The second kappa shape index (κ2) is 6.97. The molecule has 0 spiro atoms. The standard InChI is InChI=1S/C13H21IN4O2/c1-8(2)18-4-5-20-10(6-18)13-16-9(7-19-3)11(14)12(15)17-13/h8,10H,4-7H2,1-3H3,(H2,15,16,17). The van der Waals surface area contributed by atoms with Gasteiger partial charge in [0.1, 0.15) is 11.9 Å². The van der Waals surface area contributed by atoms with E-state index in [0.717, 1.165) is 22.4 Å². The average Bonchev–Trinajstić information content (AvgIpc) is 2.44. The molecular formula is C13H21IN4O2. The largest absolute Gasteiger partial charge is 0.383 e. The highest BCUT2D eigenvalue weighted by Crippen LogP contribution is 2.24. The van der Waals surface area contributed by atoms with Crippen molar-refractivity contribution in [3.63, 3.8) is 0 Å². The molecule has 1 aromatic heterocycles. The Morgan fingerprint density at radius 1 is 1.50 bits per heavy atom. The fraction of sp³-hybridized carbons (Fsp3) is 0.692. The van der Waals surface area contributed by atoms with E-state index < -0.39 is 0 Å². The normalized spacial score (nSPS) is 20.6. The first kappa shape index (κ1) is 15.9. The highest BCUT2D eigenvalue weighted by Gasteiger charge is 2.26. The molecule has 1 aliphatic heterocycles. The summed E-state index contributed by atoms with van der Waals surface area (Å²) in [6, 6.07) is 0.487. The van der Waals surface area contributed by atoms with Crippen molar-refractivity contribution in [2.75, 3.05) is 32.5 Å². The smallest absolute Gasteiger partial charge is 0.161 e. The number of anilines is 1. The molecule has 0 bridgehead atoms. The lowest BCUT2D eigenvalue weighted by Crippen LogP contribution is -2.42. The second-order valence-corrected chi connectivity index (χ2v) is 6.19. The first-order valence-electron chi connectivity index (χ1n) is 6.69. The summed E-state index contributed by atoms with van der Waals surface area (Å²) < 4.78 is 11.8. The molecule has 6 nitrogen and oxygen atoms in total. The quantitative estimate of drug-likeness (QED) is 0.785. The van der Waals surface area contributed by atoms with Gasteiger partial charge in [0.15, 0.2) is 5.82 Å². The van der Waals surface area contributed by atoms with Crippen LogP contribution < -0.4 is 5.73 Å². The molecule has 20 heavy (non-hydrogen) atoms. The summed E-state index contributed by atoms with van der Waals surface area (Å²) in [6.45, 7) is 7.23. The summed E-state index contributed by atoms with van der Waals surface area (Å²) in [6.07, 6.45) is -0.124. The molecule has 1 fully saturated rings. The molecule has 0 saturated carbocycles. The molecule has 0 aliphatic carbocycles. The SMILES string of the molecule is COCc1nc(C2CN(C(C)C)CCO2)nc(N)c1I. The van der Waals surface area contributed by atoms with Crippen molar-refractivity contribution in [3.05, 3.63) is 15.1 Å². The lowest BCUT2D eigenvalue weighted by Gasteiger charge is -2.34. The van der Waals surface area contributed by atoms with Gasteiger partial charge in [0.25, 0.3) is 0 Å². The number of halogens is 1. The maximum absolute atomic E-state index is 5.97. The number of ether oxygens (including phenoxy) is 2. The van der Waals surface area contributed by atoms with E-state index in [-0.39, 0.29) is 6.10 Å². The molecule has 0 radical (unpaired) electrons. The molecule has 2 heterocycles. The molecule has 1 unspecified atom stereocenters. The fourth-order valence-electron chi connectivity index (χ4n) is 2.20. The average molecular weight is 392 g/mol. The monoisotopic (exact) mass is 392 g/mol. The Bertz CT molecular complexity index is 470. The highest BCUT2D eigenvalue weighted by atomic mass is 127. The van der Waals surface area contributed by atoms with Gasteiger partial charge >= 0.3 is 0 Å². The van der Waals surface area contributed by atoms with Gasteiger partial charge in [0.2, 0.25) is 0 Å². The van der Waals surface area contributed by atoms with Crippen LogP contribution in [0.3, 0.4) is 0 Å². The fourth-order valence-corrected chi connectivity index (χ4v) is 2.60. The van der Waals surface area contributed by atoms with Crippen LogP contribution in [0.25, 0.3) is 0 Å². The maximum Gasteiger partial charge on any atom is 0.161 e. The van der Waals surface area contributed by atoms with Crippen molar-refractivity contribution in [2.24, 2.45) is 0 Å². The Labute approximate surface area is 133 Å². The molecule has 1 aromatic rings. The van der Waals surface area contributed by atoms with E-state index in [0.29, 0.717) is 30.9 Å². The van der Waals surface area contributed by atoms with Crippen molar-refractivity contribution in [3.8, 4) is 0 Å². The van der Waals surface area contributed by atoms with E-state index in [4.69, 9.17) is 15.2 Å². The molecule has 1 saturated heterocycles. The number of methoxy groups -OCH3 is 1. The number of morpholine rings is 1. The van der Waals surface area contributed by atoms with Gasteiger partial charge in [-0.25, -0.2) is 9.97 Å². The summed E-state index contributed by atoms with van der Waals surface area (Å²) in [4.78, 5) is 11.3. The minimum atomic E-state index is -0.124. The summed E-state index contributed by atoms with van der Waals surface area (Å²) in [5, 5.41) is 0. The Morgan fingerprint density at radius 3 is 2.90 bits per heavy atom. The van der Waals surface area contributed by atoms with Gasteiger partial charge in [-0.05, 0) is 36.4 Å². The van der Waals surface area contributed by atoms with Gasteiger partial charge in [0, 0.05) is 26.2 Å². The Morgan fingerprint density at radius 2 is 2.25 bits per heavy atom. The number of hydrogen-bond acceptors (Lipinski definition) is 6. The molecule has 0 amide bonds. The Hall–Kier alpha value is -0.510. The van der Waals surface area contributed by atoms with Crippen molar-refractivity contribution >= 4 is 28.4 Å². The second-order valence-electron chi connectivity index (χ2n) is 5.11. The Kier molecular flexibility index (Phi) is 5.53. The van der Waals surface area contributed by atoms with Crippen LogP contribution in [0.2, 0.25) is 0 Å². The van der Waals surface area contributed by atoms with Crippen LogP contribution in [0.15, 0.2) is 0 Å². The third kappa shape index (κ3) is 3.57. The summed E-state index contributed by atoms with van der Waals surface area (Å²) >= 11 is 2.15. The van der Waals surface area contributed by atoms with Crippen molar-refractivity contribution in [2.45, 2.75) is 32.6 Å². The minimum Gasteiger partial charge on any atom is -0.383 e. The number of rotatable bonds is 4. The van der Waals surface area contributed by atoms with Gasteiger partial charge in [-0.3, -0.25) is 4.90 Å². The molecular weight excluding hydrogens is 371 g/mol. The lowest BCUT2D eigenvalue weighted by molar-refractivity contribution is -0.0444. The zero-order valence-corrected chi connectivity index (χ0v) is 14.3. The van der Waals surface area contributed by atoms with Crippen LogP contribution >= 0.6 is 22.6 Å². The number of aromatic nitrogens is 2. The van der Waals surface area contributed by atoms with E-state index in [9.17, 15) is 0 Å². The summed E-state index contributed by atoms with van der Waals surface area (Å²) in [5.74, 6) is 1.15. The third-order valence-electron chi connectivity index (χ3n) is 3.36. The van der Waals surface area contributed by atoms with Crippen LogP contribution in [-0.4, -0.2) is 47.7 Å². The predicted molar refractivity (Wildman–Crippen MR) is 85.3 cm³/mol. The van der Waals surface area contributed by atoms with Crippen molar-refractivity contribution in [1.82, 2.24) is 14.9 Å². The first-order valence-corrected chi connectivity index (χ1v) is 7.77. The minimum absolute atomic E-state index is 0.124. The molecule has 112 valence electrons. The number of nitrogens with zero attached hydrogens (tertiary/aromatic N) is 3. The van der Waals surface area contributed by atoms with E-state index in [1.807, 2.05) is 0 Å². The van der Waals surface area contributed by atoms with Crippen LogP contribution in [-0.2, 0) is 16.1 Å². The molecule has 2 rings (SSSR count). The summed E-state index contributed by atoms with van der Waals surface area (Å²) in [5.41, 5.74) is 6.79. The van der Waals surface area contributed by atoms with Gasteiger partial charge in [-0.15, -0.1) is 0 Å². The Balaban J connectivity index is 2.23. The van der Waals surface area contributed by atoms with E-state index in [1.54, 1.807) is 7.11 Å². The van der Waals surface area contributed by atoms with Crippen molar-refractivity contribution in [1.29, 1.82) is 0 Å². The molecule has 1 atom stereocenters. The molecule has 7 heteroatoms. The zero-order valence-electron chi connectivity index (χ0n) is 12.1. The van der Waals surface area contributed by atoms with Gasteiger partial charge in [-0.1, -0.05) is 0 Å². The van der Waals surface area contributed by atoms with Crippen molar-refractivity contribution < 1.29 is 9.47 Å². The van der Waals surface area contributed by atoms with Crippen LogP contribution in [0.5, 0.6) is 0 Å². The predicted octanol–water partition coefficient (Wildman–Crippen LogP) is 1.59. The van der Waals surface area contributed by atoms with Gasteiger partial charge in [-0.2, -0.15) is 0 Å². The van der Waals surface area contributed by atoms with Gasteiger partial charge < -0.3 is 15.2 Å². The van der Waals surface area contributed by atoms with Crippen LogP contribution in [0.1, 0.15) is 31.5 Å². The van der Waals surface area contributed by atoms with E-state index >= 15 is 0 Å². The number of hydrogen-bond donors (Lipinski definition) is 1. The van der Waals surface area contributed by atoms with E-state index in [2.05, 4.69) is 51.3 Å². The maximum atomic E-state index is 5.97. The molecule has 2 N–H and O–H groups in total. The van der Waals surface area contributed by atoms with E-state index in [1.165, 1.54) is 0 Å². The summed E-state index contributed by atoms with van der Waals surface area (Å²) in [7, 11) is 1.64. The molecule has 0 aromatic carbocycles. The van der Waals surface area contributed by atoms with Crippen LogP contribution in [0.4, 0.5) is 5.82 Å². The highest BCUT2D eigenvalue weighted by molar-refractivity contribution is 14.1. The lowest BCUT2D eigenvalue weighted by atomic mass is 10.2. The first-order chi connectivity index (χ1) is 9.52. The zero-order chi connectivity index (χ0) is 14.7. The molecule has 1 aliphatic rings. The topological polar surface area (TPSA) is 73.5 Å².